The number of ketones is 1. The number of methoxy groups -OCH3 is 1. The van der Waals surface area contributed by atoms with Gasteiger partial charge < -0.3 is 4.74 Å². The molecule has 5 rings (SSSR count). The van der Waals surface area contributed by atoms with Crippen molar-refractivity contribution in [3.8, 4) is 5.75 Å². The highest BCUT2D eigenvalue weighted by Crippen LogP contribution is 2.68. The highest BCUT2D eigenvalue weighted by molar-refractivity contribution is 6.04. The molecule has 0 heterocycles. The Kier molecular flexibility index (Phi) is 4.96. The lowest BCUT2D eigenvalue weighted by Gasteiger charge is -2.63. The summed E-state index contributed by atoms with van der Waals surface area (Å²) in [5.74, 6) is 4.31. The largest absolute Gasteiger partial charge is 0.497 e. The van der Waals surface area contributed by atoms with E-state index in [1.54, 1.807) is 7.11 Å². The van der Waals surface area contributed by atoms with Gasteiger partial charge in [-0.3, -0.25) is 4.79 Å². The van der Waals surface area contributed by atoms with Crippen LogP contribution < -0.4 is 4.74 Å². The molecule has 0 aliphatic heterocycles. The maximum Gasteiger partial charge on any atom is 0.164 e. The number of carbonyl (C=O) groups is 1. The van der Waals surface area contributed by atoms with Gasteiger partial charge in [0, 0.05) is 5.41 Å². The normalized spacial score (nSPS) is 42.6. The lowest BCUT2D eigenvalue weighted by atomic mass is 9.41. The van der Waals surface area contributed by atoms with Crippen LogP contribution in [-0.4, -0.2) is 12.9 Å². The number of rotatable bonds is 2. The quantitative estimate of drug-likeness (QED) is 0.468. The summed E-state index contributed by atoms with van der Waals surface area (Å²) in [7, 11) is 1.70. The van der Waals surface area contributed by atoms with Crippen LogP contribution in [0.1, 0.15) is 84.6 Å². The zero-order valence-electron chi connectivity index (χ0n) is 20.2. The van der Waals surface area contributed by atoms with Gasteiger partial charge in [0.05, 0.1) is 7.11 Å². The van der Waals surface area contributed by atoms with Crippen molar-refractivity contribution in [2.75, 3.05) is 7.11 Å². The molecular formula is C29H40O2. The molecule has 1 aromatic rings. The summed E-state index contributed by atoms with van der Waals surface area (Å²) < 4.78 is 5.31. The molecule has 2 heteroatoms. The molecule has 0 N–H and O–H groups in total. The van der Waals surface area contributed by atoms with E-state index in [9.17, 15) is 4.79 Å². The zero-order valence-corrected chi connectivity index (χ0v) is 20.2. The van der Waals surface area contributed by atoms with E-state index in [1.807, 2.05) is 12.1 Å². The van der Waals surface area contributed by atoms with E-state index in [-0.39, 0.29) is 10.8 Å². The van der Waals surface area contributed by atoms with E-state index in [2.05, 4.69) is 45.9 Å². The summed E-state index contributed by atoms with van der Waals surface area (Å²) in [6.45, 7) is 9.62. The maximum atomic E-state index is 13.7. The minimum absolute atomic E-state index is 0.239. The zero-order chi connectivity index (χ0) is 22.0. The van der Waals surface area contributed by atoms with Crippen LogP contribution in [0, 0.1) is 39.9 Å². The average Bonchev–Trinajstić information content (AvgIpc) is 3.14. The molecule has 2 nitrogen and oxygen atoms in total. The summed E-state index contributed by atoms with van der Waals surface area (Å²) in [4.78, 5) is 13.7. The third-order valence-electron chi connectivity index (χ3n) is 10.4. The second-order valence-electron chi connectivity index (χ2n) is 12.3. The van der Waals surface area contributed by atoms with E-state index < -0.39 is 0 Å². The first-order chi connectivity index (χ1) is 14.7. The third-order valence-corrected chi connectivity index (χ3v) is 10.4. The molecular weight excluding hydrogens is 380 g/mol. The van der Waals surface area contributed by atoms with Crippen molar-refractivity contribution in [1.82, 2.24) is 0 Å². The number of fused-ring (bicyclic) bond motifs is 5. The Morgan fingerprint density at radius 1 is 0.935 bits per heavy atom. The van der Waals surface area contributed by atoms with Crippen molar-refractivity contribution >= 4 is 11.9 Å². The molecule has 4 fully saturated rings. The van der Waals surface area contributed by atoms with Gasteiger partial charge in [0.1, 0.15) is 5.75 Å². The van der Waals surface area contributed by atoms with Gasteiger partial charge in [0.25, 0.3) is 0 Å². The summed E-state index contributed by atoms with van der Waals surface area (Å²) in [5.41, 5.74) is 2.72. The van der Waals surface area contributed by atoms with Crippen LogP contribution in [0.2, 0.25) is 0 Å². The van der Waals surface area contributed by atoms with Gasteiger partial charge in [0.15, 0.2) is 5.78 Å². The highest BCUT2D eigenvalue weighted by Gasteiger charge is 2.62. The van der Waals surface area contributed by atoms with Crippen molar-refractivity contribution < 1.29 is 9.53 Å². The summed E-state index contributed by atoms with van der Waals surface area (Å²) in [6.07, 6.45) is 12.8. The fourth-order valence-electron chi connectivity index (χ4n) is 8.97. The van der Waals surface area contributed by atoms with E-state index in [1.165, 1.54) is 44.9 Å². The first-order valence-corrected chi connectivity index (χ1v) is 12.6. The number of hydrogen-bond acceptors (Lipinski definition) is 2. The van der Waals surface area contributed by atoms with E-state index in [4.69, 9.17) is 4.74 Å². The van der Waals surface area contributed by atoms with Gasteiger partial charge >= 0.3 is 0 Å². The number of benzene rings is 1. The van der Waals surface area contributed by atoms with Gasteiger partial charge in [-0.15, -0.1) is 0 Å². The van der Waals surface area contributed by atoms with Crippen LogP contribution >= 0.6 is 0 Å². The van der Waals surface area contributed by atoms with Gasteiger partial charge in [-0.2, -0.15) is 0 Å². The molecule has 0 spiro atoms. The number of hydrogen-bond donors (Lipinski definition) is 0. The fourth-order valence-corrected chi connectivity index (χ4v) is 8.97. The Morgan fingerprint density at radius 3 is 2.39 bits per heavy atom. The molecule has 4 saturated carbocycles. The number of ether oxygens (including phenoxy) is 1. The molecule has 0 aromatic heterocycles. The van der Waals surface area contributed by atoms with Crippen LogP contribution in [0.5, 0.6) is 5.75 Å². The molecule has 0 bridgehead atoms. The minimum Gasteiger partial charge on any atom is -0.497 e. The monoisotopic (exact) mass is 420 g/mol. The van der Waals surface area contributed by atoms with Crippen molar-refractivity contribution in [3.05, 3.63) is 35.4 Å². The van der Waals surface area contributed by atoms with E-state index in [0.717, 1.165) is 41.1 Å². The van der Waals surface area contributed by atoms with E-state index in [0.29, 0.717) is 17.1 Å². The molecule has 0 radical (unpaired) electrons. The second kappa shape index (κ2) is 7.22. The van der Waals surface area contributed by atoms with E-state index >= 15 is 0 Å². The van der Waals surface area contributed by atoms with Gasteiger partial charge in [-0.1, -0.05) is 46.2 Å². The standard InChI is InChI=1S/C29H40O2/c1-27(2)25-13-12-22-23-7-6-15-28(23,3)16-14-24(22)29(25,4)18-20(26(27)30)17-19-8-10-21(31-5)11-9-19/h8-11,17,22-25H,6-7,12-16,18H2,1-5H3/b20-17-/t22-,23-,24-,25+,28+,29-/m1/s1. The Hall–Kier alpha value is -1.57. The second-order valence-corrected chi connectivity index (χ2v) is 12.3. The smallest absolute Gasteiger partial charge is 0.164 e. The minimum atomic E-state index is -0.271. The Morgan fingerprint density at radius 2 is 1.68 bits per heavy atom. The molecule has 0 unspecified atom stereocenters. The summed E-state index contributed by atoms with van der Waals surface area (Å²) >= 11 is 0. The van der Waals surface area contributed by atoms with Crippen LogP contribution in [-0.2, 0) is 4.79 Å². The van der Waals surface area contributed by atoms with Crippen LogP contribution in [0.15, 0.2) is 29.8 Å². The first-order valence-electron chi connectivity index (χ1n) is 12.6. The average molecular weight is 421 g/mol. The van der Waals surface area contributed by atoms with Crippen LogP contribution in [0.4, 0.5) is 0 Å². The van der Waals surface area contributed by atoms with Gasteiger partial charge in [-0.05, 0) is 109 Å². The van der Waals surface area contributed by atoms with Crippen molar-refractivity contribution in [2.45, 2.75) is 79.1 Å². The SMILES string of the molecule is COc1ccc(/C=C2/C[C@]3(C)[C@@H]4CC[C@]5(C)CCC[C@@H]5[C@H]4CC[C@H]3C(C)(C)C2=O)cc1. The van der Waals surface area contributed by atoms with Crippen LogP contribution in [0.3, 0.4) is 0 Å². The lowest BCUT2D eigenvalue weighted by molar-refractivity contribution is -0.153. The third kappa shape index (κ3) is 3.15. The van der Waals surface area contributed by atoms with Crippen molar-refractivity contribution in [2.24, 2.45) is 39.9 Å². The topological polar surface area (TPSA) is 26.3 Å². The lowest BCUT2D eigenvalue weighted by Crippen LogP contribution is -2.58. The molecule has 0 amide bonds. The Balaban J connectivity index is 1.51. The first kappa shape index (κ1) is 21.3. The molecule has 6 atom stereocenters. The van der Waals surface area contributed by atoms with Crippen molar-refractivity contribution in [1.29, 1.82) is 0 Å². The predicted molar refractivity (Wildman–Crippen MR) is 127 cm³/mol. The number of Topliss-reactive ketones (excluding diaryl/α,β-unsaturated/α-hetero) is 1. The molecule has 1 aromatic carbocycles. The van der Waals surface area contributed by atoms with Crippen molar-refractivity contribution in [3.63, 3.8) is 0 Å². The maximum absolute atomic E-state index is 13.7. The van der Waals surface area contributed by atoms with Crippen LogP contribution in [0.25, 0.3) is 6.08 Å². The number of carbonyl (C=O) groups excluding carboxylic acids is 1. The fraction of sp³-hybridized carbons (Fsp3) is 0.690. The predicted octanol–water partition coefficient (Wildman–Crippen LogP) is 7.33. The van der Waals surface area contributed by atoms with Gasteiger partial charge in [-0.25, -0.2) is 0 Å². The molecule has 31 heavy (non-hydrogen) atoms. The molecule has 4 aliphatic carbocycles. The molecule has 0 saturated heterocycles. The highest BCUT2D eigenvalue weighted by atomic mass is 16.5. The number of allylic oxidation sites excluding steroid dienone is 1. The Bertz CT molecular complexity index is 894. The molecule has 168 valence electrons. The summed E-state index contributed by atoms with van der Waals surface area (Å²) in [5, 5.41) is 0. The summed E-state index contributed by atoms with van der Waals surface area (Å²) in [6, 6.07) is 8.14. The molecule has 4 aliphatic rings. The Labute approximate surface area is 188 Å². The van der Waals surface area contributed by atoms with Gasteiger partial charge in [0.2, 0.25) is 0 Å².